The Labute approximate surface area is 112 Å². The Morgan fingerprint density at radius 3 is 2.61 bits per heavy atom. The predicted octanol–water partition coefficient (Wildman–Crippen LogP) is 4.33. The lowest BCUT2D eigenvalue weighted by Crippen LogP contribution is -1.97. The van der Waals surface area contributed by atoms with Crippen molar-refractivity contribution in [2.24, 2.45) is 0 Å². The third kappa shape index (κ3) is 2.49. The van der Waals surface area contributed by atoms with Crippen LogP contribution in [-0.4, -0.2) is 6.26 Å². The molecule has 0 radical (unpaired) electrons. The van der Waals surface area contributed by atoms with Crippen LogP contribution in [-0.2, 0) is 0 Å². The van der Waals surface area contributed by atoms with Crippen molar-refractivity contribution >= 4 is 23.1 Å². The van der Waals surface area contributed by atoms with Gasteiger partial charge in [0.1, 0.15) is 6.07 Å². The third-order valence-electron chi connectivity index (χ3n) is 2.76. The molecule has 0 saturated carbocycles. The lowest BCUT2D eigenvalue weighted by Gasteiger charge is -2.13. The van der Waals surface area contributed by atoms with Crippen LogP contribution in [0.4, 0.5) is 11.4 Å². The zero-order valence-corrected chi connectivity index (χ0v) is 11.2. The fourth-order valence-electron chi connectivity index (χ4n) is 1.81. The molecule has 0 bridgehead atoms. The van der Waals surface area contributed by atoms with E-state index in [1.165, 1.54) is 4.90 Å². The Morgan fingerprint density at radius 1 is 1.11 bits per heavy atom. The number of nitriles is 1. The minimum atomic E-state index is 0.672. The second kappa shape index (κ2) is 5.61. The maximum absolute atomic E-state index is 9.15. The van der Waals surface area contributed by atoms with E-state index >= 15 is 0 Å². The SMILES string of the molecule is CSc1ccccc1Nc1c(C)cccc1C#N. The van der Waals surface area contributed by atoms with E-state index in [0.29, 0.717) is 5.56 Å². The van der Waals surface area contributed by atoms with E-state index in [-0.39, 0.29) is 0 Å². The summed E-state index contributed by atoms with van der Waals surface area (Å²) in [4.78, 5) is 1.17. The predicted molar refractivity (Wildman–Crippen MR) is 77.4 cm³/mol. The number of rotatable bonds is 3. The first-order valence-corrected chi connectivity index (χ1v) is 6.88. The Hall–Kier alpha value is -1.92. The molecule has 0 saturated heterocycles. The molecule has 2 rings (SSSR count). The van der Waals surface area contributed by atoms with E-state index in [1.54, 1.807) is 11.8 Å². The van der Waals surface area contributed by atoms with Gasteiger partial charge in [0.25, 0.3) is 0 Å². The van der Waals surface area contributed by atoms with Crippen molar-refractivity contribution in [3.8, 4) is 6.07 Å². The van der Waals surface area contributed by atoms with Gasteiger partial charge in [0.15, 0.2) is 0 Å². The lowest BCUT2D eigenvalue weighted by atomic mass is 10.1. The Balaban J connectivity index is 2.43. The van der Waals surface area contributed by atoms with Gasteiger partial charge in [0.2, 0.25) is 0 Å². The summed E-state index contributed by atoms with van der Waals surface area (Å²) in [5, 5.41) is 12.5. The van der Waals surface area contributed by atoms with Gasteiger partial charge in [-0.15, -0.1) is 11.8 Å². The van der Waals surface area contributed by atoms with Gasteiger partial charge < -0.3 is 5.32 Å². The minimum absolute atomic E-state index is 0.672. The van der Waals surface area contributed by atoms with Crippen molar-refractivity contribution in [3.05, 3.63) is 53.6 Å². The van der Waals surface area contributed by atoms with Gasteiger partial charge >= 0.3 is 0 Å². The molecule has 0 aliphatic heterocycles. The van der Waals surface area contributed by atoms with E-state index in [1.807, 2.05) is 49.6 Å². The van der Waals surface area contributed by atoms with Crippen LogP contribution < -0.4 is 5.32 Å². The van der Waals surface area contributed by atoms with Crippen molar-refractivity contribution in [3.63, 3.8) is 0 Å². The Morgan fingerprint density at radius 2 is 1.89 bits per heavy atom. The summed E-state index contributed by atoms with van der Waals surface area (Å²) < 4.78 is 0. The highest BCUT2D eigenvalue weighted by atomic mass is 32.2. The normalized spacial score (nSPS) is 9.83. The van der Waals surface area contributed by atoms with Gasteiger partial charge in [0.05, 0.1) is 16.9 Å². The van der Waals surface area contributed by atoms with Crippen molar-refractivity contribution in [2.45, 2.75) is 11.8 Å². The first kappa shape index (κ1) is 12.5. The van der Waals surface area contributed by atoms with Crippen LogP contribution >= 0.6 is 11.8 Å². The van der Waals surface area contributed by atoms with Gasteiger partial charge in [0, 0.05) is 4.90 Å². The molecule has 0 aliphatic rings. The zero-order chi connectivity index (χ0) is 13.0. The molecule has 0 spiro atoms. The summed E-state index contributed by atoms with van der Waals surface area (Å²) >= 11 is 1.69. The van der Waals surface area contributed by atoms with Crippen LogP contribution in [0.25, 0.3) is 0 Å². The molecule has 2 nitrogen and oxygen atoms in total. The second-order valence-electron chi connectivity index (χ2n) is 3.93. The number of benzene rings is 2. The summed E-state index contributed by atoms with van der Waals surface area (Å²) in [6.07, 6.45) is 2.05. The molecule has 0 heterocycles. The molecule has 18 heavy (non-hydrogen) atoms. The standard InChI is InChI=1S/C15H14N2S/c1-11-6-5-7-12(10-16)15(11)17-13-8-3-4-9-14(13)18-2/h3-9,17H,1-2H3. The van der Waals surface area contributed by atoms with E-state index in [9.17, 15) is 0 Å². The highest BCUT2D eigenvalue weighted by Crippen LogP contribution is 2.30. The van der Waals surface area contributed by atoms with Crippen LogP contribution in [0.15, 0.2) is 47.4 Å². The van der Waals surface area contributed by atoms with Crippen LogP contribution in [0, 0.1) is 18.3 Å². The molecule has 0 fully saturated rings. The van der Waals surface area contributed by atoms with Gasteiger partial charge in [-0.1, -0.05) is 24.3 Å². The number of hydrogen-bond acceptors (Lipinski definition) is 3. The molecular weight excluding hydrogens is 240 g/mol. The number of hydrogen-bond donors (Lipinski definition) is 1. The molecule has 0 amide bonds. The van der Waals surface area contributed by atoms with Crippen molar-refractivity contribution < 1.29 is 0 Å². The Bertz CT molecular complexity index is 600. The van der Waals surface area contributed by atoms with Crippen LogP contribution in [0.2, 0.25) is 0 Å². The van der Waals surface area contributed by atoms with Crippen molar-refractivity contribution in [1.29, 1.82) is 5.26 Å². The highest BCUT2D eigenvalue weighted by molar-refractivity contribution is 7.98. The molecule has 2 aromatic carbocycles. The third-order valence-corrected chi connectivity index (χ3v) is 3.56. The maximum atomic E-state index is 9.15. The number of thioether (sulfide) groups is 1. The van der Waals surface area contributed by atoms with Crippen molar-refractivity contribution in [2.75, 3.05) is 11.6 Å². The fraction of sp³-hybridized carbons (Fsp3) is 0.133. The molecule has 0 unspecified atom stereocenters. The zero-order valence-electron chi connectivity index (χ0n) is 10.4. The average Bonchev–Trinajstić information content (AvgIpc) is 2.41. The van der Waals surface area contributed by atoms with Gasteiger partial charge in [-0.3, -0.25) is 0 Å². The van der Waals surface area contributed by atoms with E-state index in [2.05, 4.69) is 17.5 Å². The molecule has 0 aromatic heterocycles. The number of para-hydroxylation sites is 2. The summed E-state index contributed by atoms with van der Waals surface area (Å²) in [7, 11) is 0. The lowest BCUT2D eigenvalue weighted by molar-refractivity contribution is 1.36. The fourth-order valence-corrected chi connectivity index (χ4v) is 2.36. The van der Waals surface area contributed by atoms with Gasteiger partial charge in [-0.05, 0) is 36.9 Å². The quantitative estimate of drug-likeness (QED) is 0.828. The molecule has 2 aromatic rings. The maximum Gasteiger partial charge on any atom is 0.101 e. The average molecular weight is 254 g/mol. The first-order valence-electron chi connectivity index (χ1n) is 5.66. The van der Waals surface area contributed by atoms with Crippen LogP contribution in [0.1, 0.15) is 11.1 Å². The summed E-state index contributed by atoms with van der Waals surface area (Å²) in [5.41, 5.74) is 3.67. The molecule has 90 valence electrons. The number of aryl methyl sites for hydroxylation is 1. The molecule has 0 atom stereocenters. The largest absolute Gasteiger partial charge is 0.353 e. The topological polar surface area (TPSA) is 35.8 Å². The van der Waals surface area contributed by atoms with Crippen LogP contribution in [0.5, 0.6) is 0 Å². The minimum Gasteiger partial charge on any atom is -0.353 e. The monoisotopic (exact) mass is 254 g/mol. The highest BCUT2D eigenvalue weighted by Gasteiger charge is 2.07. The number of nitrogens with one attached hydrogen (secondary N) is 1. The number of anilines is 2. The van der Waals surface area contributed by atoms with Gasteiger partial charge in [-0.2, -0.15) is 5.26 Å². The summed E-state index contributed by atoms with van der Waals surface area (Å²) in [5.74, 6) is 0. The smallest absolute Gasteiger partial charge is 0.101 e. The van der Waals surface area contributed by atoms with Crippen LogP contribution in [0.3, 0.4) is 0 Å². The van der Waals surface area contributed by atoms with Crippen molar-refractivity contribution in [1.82, 2.24) is 0 Å². The second-order valence-corrected chi connectivity index (χ2v) is 4.78. The molecule has 0 aliphatic carbocycles. The van der Waals surface area contributed by atoms with Gasteiger partial charge in [-0.25, -0.2) is 0 Å². The van der Waals surface area contributed by atoms with E-state index in [4.69, 9.17) is 5.26 Å². The first-order chi connectivity index (χ1) is 8.76. The molecule has 3 heteroatoms. The molecular formula is C15H14N2S. The summed E-state index contributed by atoms with van der Waals surface area (Å²) in [6, 6.07) is 16.1. The molecule has 1 N–H and O–H groups in total. The number of nitrogens with zero attached hydrogens (tertiary/aromatic N) is 1. The van der Waals surface area contributed by atoms with E-state index < -0.39 is 0 Å². The Kier molecular flexibility index (Phi) is 3.91. The van der Waals surface area contributed by atoms with E-state index in [0.717, 1.165) is 16.9 Å². The summed E-state index contributed by atoms with van der Waals surface area (Å²) in [6.45, 7) is 2.00.